The molecule has 0 saturated heterocycles. The van der Waals surface area contributed by atoms with Crippen molar-refractivity contribution in [1.82, 2.24) is 4.90 Å². The van der Waals surface area contributed by atoms with Crippen LogP contribution in [0.5, 0.6) is 5.75 Å². The number of aromatic hydroxyl groups is 1. The van der Waals surface area contributed by atoms with Crippen LogP contribution in [0.3, 0.4) is 0 Å². The highest BCUT2D eigenvalue weighted by molar-refractivity contribution is 6.00. The molecule has 24 heavy (non-hydrogen) atoms. The van der Waals surface area contributed by atoms with Crippen LogP contribution in [0.2, 0.25) is 0 Å². The first-order chi connectivity index (χ1) is 11.3. The van der Waals surface area contributed by atoms with Crippen LogP contribution in [-0.2, 0) is 11.3 Å². The summed E-state index contributed by atoms with van der Waals surface area (Å²) in [6.07, 6.45) is 0. The van der Waals surface area contributed by atoms with Crippen molar-refractivity contribution in [2.24, 2.45) is 0 Å². The standard InChI is InChI=1S/C17H13F2NO4/c1-8-6-11(15(21)13(19)12(8)18)14(17(23)24)20-7-9-4-2-3-5-10(9)16(20)22/h2-6,14,21H,7H2,1H3,(H,23,24). The fourth-order valence-corrected chi connectivity index (χ4v) is 2.90. The zero-order valence-electron chi connectivity index (χ0n) is 12.6. The van der Waals surface area contributed by atoms with Crippen molar-refractivity contribution < 1.29 is 28.6 Å². The van der Waals surface area contributed by atoms with E-state index in [1.54, 1.807) is 24.3 Å². The summed E-state index contributed by atoms with van der Waals surface area (Å²) in [6.45, 7) is 1.25. The molecule has 0 aromatic heterocycles. The summed E-state index contributed by atoms with van der Waals surface area (Å²) in [5.41, 5.74) is 0.464. The highest BCUT2D eigenvalue weighted by Gasteiger charge is 2.39. The third-order valence-corrected chi connectivity index (χ3v) is 4.08. The smallest absolute Gasteiger partial charge is 0.331 e. The minimum absolute atomic E-state index is 0.00343. The van der Waals surface area contributed by atoms with Gasteiger partial charge in [0.15, 0.2) is 17.6 Å². The van der Waals surface area contributed by atoms with Gasteiger partial charge in [0.25, 0.3) is 5.91 Å². The van der Waals surface area contributed by atoms with Gasteiger partial charge in [-0.15, -0.1) is 0 Å². The number of carboxylic acid groups (broad SMARTS) is 1. The second-order valence-corrected chi connectivity index (χ2v) is 5.59. The van der Waals surface area contributed by atoms with Crippen molar-refractivity contribution in [3.05, 3.63) is 64.2 Å². The average molecular weight is 333 g/mol. The largest absolute Gasteiger partial charge is 0.504 e. The molecule has 0 radical (unpaired) electrons. The van der Waals surface area contributed by atoms with Crippen molar-refractivity contribution in [1.29, 1.82) is 0 Å². The summed E-state index contributed by atoms with van der Waals surface area (Å²) < 4.78 is 27.3. The first-order valence-corrected chi connectivity index (χ1v) is 7.12. The molecule has 0 aliphatic carbocycles. The fraction of sp³-hybridized carbons (Fsp3) is 0.176. The van der Waals surface area contributed by atoms with Crippen LogP contribution in [0.25, 0.3) is 0 Å². The Morgan fingerprint density at radius 3 is 2.54 bits per heavy atom. The quantitative estimate of drug-likeness (QED) is 0.905. The van der Waals surface area contributed by atoms with Crippen LogP contribution in [0.1, 0.15) is 33.1 Å². The van der Waals surface area contributed by atoms with E-state index in [1.165, 1.54) is 6.92 Å². The van der Waals surface area contributed by atoms with Crippen molar-refractivity contribution in [3.8, 4) is 5.75 Å². The summed E-state index contributed by atoms with van der Waals surface area (Å²) >= 11 is 0. The maximum Gasteiger partial charge on any atom is 0.331 e. The molecule has 7 heteroatoms. The van der Waals surface area contributed by atoms with E-state index in [0.29, 0.717) is 11.1 Å². The summed E-state index contributed by atoms with van der Waals surface area (Å²) in [7, 11) is 0. The minimum atomic E-state index is -1.63. The zero-order chi connectivity index (χ0) is 17.6. The van der Waals surface area contributed by atoms with E-state index in [0.717, 1.165) is 11.0 Å². The number of hydrogen-bond acceptors (Lipinski definition) is 3. The predicted octanol–water partition coefficient (Wildman–Crippen LogP) is 2.76. The van der Waals surface area contributed by atoms with Gasteiger partial charge >= 0.3 is 5.97 Å². The van der Waals surface area contributed by atoms with E-state index in [-0.39, 0.29) is 17.7 Å². The van der Waals surface area contributed by atoms with E-state index in [1.807, 2.05) is 0 Å². The van der Waals surface area contributed by atoms with Crippen LogP contribution in [0, 0.1) is 18.6 Å². The number of hydrogen-bond donors (Lipinski definition) is 2. The van der Waals surface area contributed by atoms with Crippen LogP contribution < -0.4 is 0 Å². The Bertz CT molecular complexity index is 866. The van der Waals surface area contributed by atoms with E-state index >= 15 is 0 Å². The molecule has 3 rings (SSSR count). The number of benzene rings is 2. The first-order valence-electron chi connectivity index (χ1n) is 7.12. The second kappa shape index (κ2) is 5.59. The lowest BCUT2D eigenvalue weighted by molar-refractivity contribution is -0.142. The van der Waals surface area contributed by atoms with E-state index in [4.69, 9.17) is 0 Å². The van der Waals surface area contributed by atoms with Crippen molar-refractivity contribution in [3.63, 3.8) is 0 Å². The normalized spacial score (nSPS) is 14.6. The fourth-order valence-electron chi connectivity index (χ4n) is 2.90. The Hall–Kier alpha value is -2.96. The zero-order valence-corrected chi connectivity index (χ0v) is 12.6. The van der Waals surface area contributed by atoms with Gasteiger partial charge in [-0.1, -0.05) is 18.2 Å². The molecule has 1 heterocycles. The number of aliphatic carboxylic acids is 1. The van der Waals surface area contributed by atoms with Crippen molar-refractivity contribution in [2.45, 2.75) is 19.5 Å². The number of carboxylic acids is 1. The molecule has 5 nitrogen and oxygen atoms in total. The number of carbonyl (C=O) groups is 2. The number of nitrogens with zero attached hydrogens (tertiary/aromatic N) is 1. The number of carbonyl (C=O) groups excluding carboxylic acids is 1. The molecule has 0 spiro atoms. The van der Waals surface area contributed by atoms with E-state index in [9.17, 15) is 28.6 Å². The molecule has 0 saturated carbocycles. The van der Waals surface area contributed by atoms with Gasteiger partial charge in [-0.3, -0.25) is 4.79 Å². The topological polar surface area (TPSA) is 77.8 Å². The van der Waals surface area contributed by atoms with Gasteiger partial charge in [-0.25, -0.2) is 9.18 Å². The van der Waals surface area contributed by atoms with Crippen molar-refractivity contribution >= 4 is 11.9 Å². The number of amides is 1. The van der Waals surface area contributed by atoms with Crippen LogP contribution in [0.4, 0.5) is 8.78 Å². The van der Waals surface area contributed by atoms with Crippen LogP contribution in [-0.4, -0.2) is 27.0 Å². The maximum absolute atomic E-state index is 13.8. The summed E-state index contributed by atoms with van der Waals surface area (Å²) in [5.74, 6) is -5.87. The molecule has 1 aliphatic rings. The Kier molecular flexibility index (Phi) is 3.71. The Labute approximate surface area is 135 Å². The van der Waals surface area contributed by atoms with Gasteiger partial charge in [0.2, 0.25) is 5.82 Å². The molecule has 0 bridgehead atoms. The first kappa shape index (κ1) is 15.9. The number of fused-ring (bicyclic) bond motifs is 1. The highest BCUT2D eigenvalue weighted by Crippen LogP contribution is 2.37. The van der Waals surface area contributed by atoms with Gasteiger partial charge < -0.3 is 15.1 Å². The number of halogens is 2. The molecule has 1 amide bonds. The number of aryl methyl sites for hydroxylation is 1. The van der Waals surface area contributed by atoms with Crippen molar-refractivity contribution in [2.75, 3.05) is 0 Å². The molecule has 2 N–H and O–H groups in total. The molecule has 2 aromatic carbocycles. The predicted molar refractivity (Wildman–Crippen MR) is 79.5 cm³/mol. The Morgan fingerprint density at radius 2 is 1.92 bits per heavy atom. The molecular formula is C17H13F2NO4. The van der Waals surface area contributed by atoms with Gasteiger partial charge in [0, 0.05) is 17.7 Å². The molecule has 124 valence electrons. The number of phenols is 1. The van der Waals surface area contributed by atoms with Gasteiger partial charge in [-0.2, -0.15) is 4.39 Å². The molecule has 2 aromatic rings. The summed E-state index contributed by atoms with van der Waals surface area (Å²) in [4.78, 5) is 25.2. The van der Waals surface area contributed by atoms with Crippen LogP contribution >= 0.6 is 0 Å². The van der Waals surface area contributed by atoms with Gasteiger partial charge in [0.05, 0.1) is 0 Å². The third kappa shape index (κ3) is 2.29. The lowest BCUT2D eigenvalue weighted by Gasteiger charge is -2.25. The molecule has 1 unspecified atom stereocenters. The highest BCUT2D eigenvalue weighted by atomic mass is 19.2. The summed E-state index contributed by atoms with van der Waals surface area (Å²) in [6, 6.07) is 6.02. The molecule has 1 aliphatic heterocycles. The Balaban J connectivity index is 2.11. The third-order valence-electron chi connectivity index (χ3n) is 4.08. The molecular weight excluding hydrogens is 320 g/mol. The Morgan fingerprint density at radius 1 is 1.25 bits per heavy atom. The monoisotopic (exact) mass is 333 g/mol. The van der Waals surface area contributed by atoms with Crippen LogP contribution in [0.15, 0.2) is 30.3 Å². The van der Waals surface area contributed by atoms with Gasteiger partial charge in [0.1, 0.15) is 0 Å². The molecule has 0 fully saturated rings. The minimum Gasteiger partial charge on any atom is -0.504 e. The SMILES string of the molecule is Cc1cc(C(C(=O)O)N2Cc3ccccc3C2=O)c(O)c(F)c1F. The molecule has 1 atom stereocenters. The lowest BCUT2D eigenvalue weighted by Crippen LogP contribution is -2.34. The maximum atomic E-state index is 13.8. The number of phenolic OH excluding ortho intramolecular Hbond substituents is 1. The average Bonchev–Trinajstić information content (AvgIpc) is 2.87. The second-order valence-electron chi connectivity index (χ2n) is 5.59. The summed E-state index contributed by atoms with van der Waals surface area (Å²) in [5, 5.41) is 19.4. The lowest BCUT2D eigenvalue weighted by atomic mass is 10.0. The number of rotatable bonds is 3. The van der Waals surface area contributed by atoms with E-state index < -0.39 is 35.3 Å². The van der Waals surface area contributed by atoms with Gasteiger partial charge in [-0.05, 0) is 30.2 Å². The van der Waals surface area contributed by atoms with E-state index in [2.05, 4.69) is 0 Å².